The molecule has 2 aliphatic carbocycles. The summed E-state index contributed by atoms with van der Waals surface area (Å²) in [5.41, 5.74) is 0.772. The molecule has 0 bridgehead atoms. The van der Waals surface area contributed by atoms with E-state index in [4.69, 9.17) is 4.42 Å². The lowest BCUT2D eigenvalue weighted by Crippen LogP contribution is -2.44. The Morgan fingerprint density at radius 2 is 1.71 bits per heavy atom. The van der Waals surface area contributed by atoms with Crippen LogP contribution in [0.25, 0.3) is 11.1 Å². The smallest absolute Gasteiger partial charge is 0.408 e. The van der Waals surface area contributed by atoms with E-state index in [2.05, 4.69) is 11.8 Å². The fourth-order valence-electron chi connectivity index (χ4n) is 5.72. The third-order valence-corrected chi connectivity index (χ3v) is 9.80. The lowest BCUT2D eigenvalue weighted by atomic mass is 9.83. The molecule has 1 aliphatic heterocycles. The monoisotopic (exact) mass is 489 g/mol. The van der Waals surface area contributed by atoms with Crippen LogP contribution in [-0.4, -0.2) is 53.3 Å². The maximum absolute atomic E-state index is 13.2. The van der Waals surface area contributed by atoms with Crippen molar-refractivity contribution in [1.82, 2.24) is 13.8 Å². The number of sulfonamides is 1. The van der Waals surface area contributed by atoms with Crippen molar-refractivity contribution in [3.8, 4) is 0 Å². The number of carbonyl (C=O) groups excluding carboxylic acids is 1. The van der Waals surface area contributed by atoms with Gasteiger partial charge in [-0.25, -0.2) is 13.2 Å². The molecule has 0 radical (unpaired) electrons. The third kappa shape index (κ3) is 4.56. The van der Waals surface area contributed by atoms with Crippen LogP contribution >= 0.6 is 0 Å². The second-order valence-corrected chi connectivity index (χ2v) is 12.1. The zero-order valence-electron chi connectivity index (χ0n) is 19.9. The number of carbonyl (C=O) groups is 1. The van der Waals surface area contributed by atoms with Gasteiger partial charge in [0.25, 0.3) is 0 Å². The topological polar surface area (TPSA) is 92.8 Å². The number of hydrogen-bond donors (Lipinski definition) is 0. The molecule has 1 saturated heterocycles. The molecule has 3 aliphatic rings. The SMILES string of the molecule is CCC1CCC(N(C(=O)CCn2c(=O)oc3cc(S(=O)(=O)N4CCCC4)ccc32)C2CC2)CC1. The van der Waals surface area contributed by atoms with Gasteiger partial charge in [-0.05, 0) is 69.4 Å². The molecule has 1 aromatic heterocycles. The molecular formula is C25H35N3O5S. The van der Waals surface area contributed by atoms with Crippen LogP contribution in [0.4, 0.5) is 0 Å². The molecule has 5 rings (SSSR count). The van der Waals surface area contributed by atoms with Crippen molar-refractivity contribution in [2.24, 2.45) is 5.92 Å². The van der Waals surface area contributed by atoms with Crippen LogP contribution in [0.2, 0.25) is 0 Å². The van der Waals surface area contributed by atoms with Crippen molar-refractivity contribution in [2.45, 2.75) is 94.7 Å². The Hall–Kier alpha value is -2.13. The summed E-state index contributed by atoms with van der Waals surface area (Å²) in [6.45, 7) is 3.51. The zero-order chi connectivity index (χ0) is 23.9. The lowest BCUT2D eigenvalue weighted by molar-refractivity contribution is -0.135. The number of oxazole rings is 1. The molecule has 1 amide bonds. The first-order chi connectivity index (χ1) is 16.4. The summed E-state index contributed by atoms with van der Waals surface area (Å²) in [6, 6.07) is 5.26. The van der Waals surface area contributed by atoms with E-state index in [0.717, 1.165) is 44.4 Å². The predicted molar refractivity (Wildman–Crippen MR) is 129 cm³/mol. The lowest BCUT2D eigenvalue weighted by Gasteiger charge is -2.37. The Balaban J connectivity index is 1.30. The first kappa shape index (κ1) is 23.6. The number of aromatic nitrogens is 1. The number of nitrogens with zero attached hydrogens (tertiary/aromatic N) is 3. The standard InChI is InChI=1S/C25H35N3O5S/c1-2-18-5-7-19(8-6-18)28(20-9-10-20)24(29)13-16-27-22-12-11-21(17-23(22)33-25(27)30)34(31,32)26-14-3-4-15-26/h11-12,17-20H,2-10,13-16H2,1H3. The molecule has 0 spiro atoms. The van der Waals surface area contributed by atoms with Gasteiger partial charge < -0.3 is 9.32 Å². The molecule has 3 fully saturated rings. The highest BCUT2D eigenvalue weighted by Crippen LogP contribution is 2.36. The zero-order valence-corrected chi connectivity index (χ0v) is 20.8. The highest BCUT2D eigenvalue weighted by Gasteiger charge is 2.38. The first-order valence-electron chi connectivity index (χ1n) is 12.8. The van der Waals surface area contributed by atoms with Crippen molar-refractivity contribution < 1.29 is 17.6 Å². The van der Waals surface area contributed by atoms with Crippen molar-refractivity contribution in [2.75, 3.05) is 13.1 Å². The second-order valence-electron chi connectivity index (χ2n) is 10.1. The van der Waals surface area contributed by atoms with Gasteiger partial charge in [-0.1, -0.05) is 13.3 Å². The summed E-state index contributed by atoms with van der Waals surface area (Å²) in [6.07, 6.45) is 9.84. The Kier molecular flexibility index (Phi) is 6.59. The Morgan fingerprint density at radius 1 is 1.06 bits per heavy atom. The maximum Gasteiger partial charge on any atom is 0.419 e. The molecule has 1 aromatic carbocycles. The maximum atomic E-state index is 13.2. The number of aryl methyl sites for hydroxylation is 1. The molecule has 186 valence electrons. The van der Waals surface area contributed by atoms with Gasteiger partial charge in [-0.3, -0.25) is 9.36 Å². The van der Waals surface area contributed by atoms with Gasteiger partial charge >= 0.3 is 5.76 Å². The molecule has 0 unspecified atom stereocenters. The first-order valence-corrected chi connectivity index (χ1v) is 14.3. The third-order valence-electron chi connectivity index (χ3n) is 7.91. The molecule has 0 atom stereocenters. The molecule has 2 saturated carbocycles. The fourth-order valence-corrected chi connectivity index (χ4v) is 7.26. The largest absolute Gasteiger partial charge is 0.419 e. The number of benzene rings is 1. The van der Waals surface area contributed by atoms with Crippen molar-refractivity contribution in [3.05, 3.63) is 28.7 Å². The van der Waals surface area contributed by atoms with Crippen molar-refractivity contribution in [1.29, 1.82) is 0 Å². The Morgan fingerprint density at radius 3 is 2.32 bits per heavy atom. The van der Waals surface area contributed by atoms with E-state index in [-0.39, 0.29) is 29.4 Å². The van der Waals surface area contributed by atoms with Gasteiger partial charge in [-0.15, -0.1) is 0 Å². The summed E-state index contributed by atoms with van der Waals surface area (Å²) in [4.78, 5) is 28.1. The van der Waals surface area contributed by atoms with E-state index in [1.807, 2.05) is 0 Å². The van der Waals surface area contributed by atoms with Crippen LogP contribution in [-0.2, 0) is 21.4 Å². The molecule has 8 nitrogen and oxygen atoms in total. The van der Waals surface area contributed by atoms with Gasteiger partial charge in [0.05, 0.1) is 10.4 Å². The predicted octanol–water partition coefficient (Wildman–Crippen LogP) is 3.73. The van der Waals surface area contributed by atoms with Gasteiger partial charge in [0.1, 0.15) is 0 Å². The van der Waals surface area contributed by atoms with Gasteiger partial charge in [0, 0.05) is 44.2 Å². The Labute approximate surface area is 200 Å². The average Bonchev–Trinajstić information content (AvgIpc) is 3.38. The minimum Gasteiger partial charge on any atom is -0.408 e. The highest BCUT2D eigenvalue weighted by atomic mass is 32.2. The minimum atomic E-state index is -3.59. The summed E-state index contributed by atoms with van der Waals surface area (Å²) in [5, 5.41) is 0. The highest BCUT2D eigenvalue weighted by molar-refractivity contribution is 7.89. The molecule has 34 heavy (non-hydrogen) atoms. The van der Waals surface area contributed by atoms with Crippen LogP contribution in [0.15, 0.2) is 32.3 Å². The van der Waals surface area contributed by atoms with Crippen molar-refractivity contribution in [3.63, 3.8) is 0 Å². The minimum absolute atomic E-state index is 0.108. The van der Waals surface area contributed by atoms with E-state index in [1.165, 1.54) is 40.3 Å². The van der Waals surface area contributed by atoms with E-state index in [1.54, 1.807) is 6.07 Å². The number of hydrogen-bond acceptors (Lipinski definition) is 5. The summed E-state index contributed by atoms with van der Waals surface area (Å²) in [7, 11) is -3.59. The van der Waals surface area contributed by atoms with E-state index >= 15 is 0 Å². The van der Waals surface area contributed by atoms with Gasteiger partial charge in [0.15, 0.2) is 5.58 Å². The van der Waals surface area contributed by atoms with Crippen LogP contribution < -0.4 is 5.76 Å². The number of rotatable bonds is 8. The van der Waals surface area contributed by atoms with E-state index in [9.17, 15) is 18.0 Å². The number of fused-ring (bicyclic) bond motifs is 1. The summed E-state index contributed by atoms with van der Waals surface area (Å²) < 4.78 is 34.1. The van der Waals surface area contributed by atoms with E-state index in [0.29, 0.717) is 30.7 Å². The molecular weight excluding hydrogens is 454 g/mol. The summed E-state index contributed by atoms with van der Waals surface area (Å²) >= 11 is 0. The molecule has 2 aromatic rings. The molecule has 9 heteroatoms. The summed E-state index contributed by atoms with van der Waals surface area (Å²) in [5.74, 6) is 0.333. The quantitative estimate of drug-likeness (QED) is 0.563. The van der Waals surface area contributed by atoms with Crippen LogP contribution in [0.5, 0.6) is 0 Å². The fraction of sp³-hybridized carbons (Fsp3) is 0.680. The van der Waals surface area contributed by atoms with E-state index < -0.39 is 15.8 Å². The van der Waals surface area contributed by atoms with Gasteiger partial charge in [-0.2, -0.15) is 4.31 Å². The Bertz CT molecular complexity index is 1200. The normalized spacial score (nSPS) is 24.0. The second kappa shape index (κ2) is 9.49. The van der Waals surface area contributed by atoms with Crippen LogP contribution in [0.3, 0.4) is 0 Å². The number of amides is 1. The molecule has 0 N–H and O–H groups in total. The van der Waals surface area contributed by atoms with Crippen LogP contribution in [0.1, 0.15) is 71.1 Å². The van der Waals surface area contributed by atoms with Gasteiger partial charge in [0.2, 0.25) is 15.9 Å². The average molecular weight is 490 g/mol. The van der Waals surface area contributed by atoms with Crippen molar-refractivity contribution >= 4 is 27.0 Å². The molecule has 2 heterocycles. The van der Waals surface area contributed by atoms with Crippen LogP contribution in [0, 0.1) is 5.92 Å².